The standard InChI is InChI=1S/C10H12ClN3O2/c1-12-10(16)14-9(15)6-13-8-4-2-3-7(11)5-8/h2-5,13H,6H2,1H3,(H2,12,14,15,16). The van der Waals surface area contributed by atoms with E-state index in [9.17, 15) is 9.59 Å². The van der Waals surface area contributed by atoms with Crippen molar-refractivity contribution < 1.29 is 9.59 Å². The van der Waals surface area contributed by atoms with Gasteiger partial charge in [-0.1, -0.05) is 17.7 Å². The monoisotopic (exact) mass is 241 g/mol. The fraction of sp³-hybridized carbons (Fsp3) is 0.200. The van der Waals surface area contributed by atoms with E-state index in [2.05, 4.69) is 16.0 Å². The molecule has 0 radical (unpaired) electrons. The van der Waals surface area contributed by atoms with Crippen LogP contribution in [0.25, 0.3) is 0 Å². The van der Waals surface area contributed by atoms with Gasteiger partial charge < -0.3 is 10.6 Å². The van der Waals surface area contributed by atoms with Crippen LogP contribution in [0.2, 0.25) is 5.02 Å². The second kappa shape index (κ2) is 5.97. The molecule has 1 aromatic carbocycles. The van der Waals surface area contributed by atoms with E-state index in [1.807, 2.05) is 0 Å². The van der Waals surface area contributed by atoms with Crippen molar-refractivity contribution in [1.29, 1.82) is 0 Å². The van der Waals surface area contributed by atoms with Crippen LogP contribution < -0.4 is 16.0 Å². The summed E-state index contributed by atoms with van der Waals surface area (Å²) in [6, 6.07) is 6.43. The maximum absolute atomic E-state index is 11.2. The molecule has 1 rings (SSSR count). The Morgan fingerprint density at radius 2 is 2.12 bits per heavy atom. The molecule has 3 amide bonds. The molecule has 1 aromatic rings. The SMILES string of the molecule is CNC(=O)NC(=O)CNc1cccc(Cl)c1. The zero-order chi connectivity index (χ0) is 12.0. The fourth-order valence-corrected chi connectivity index (χ4v) is 1.20. The van der Waals surface area contributed by atoms with Crippen molar-refractivity contribution in [3.05, 3.63) is 29.3 Å². The smallest absolute Gasteiger partial charge is 0.321 e. The molecule has 3 N–H and O–H groups in total. The highest BCUT2D eigenvalue weighted by Gasteiger charge is 2.04. The summed E-state index contributed by atoms with van der Waals surface area (Å²) in [5, 5.41) is 7.83. The summed E-state index contributed by atoms with van der Waals surface area (Å²) in [5.74, 6) is -0.417. The van der Waals surface area contributed by atoms with Gasteiger partial charge in [0, 0.05) is 17.8 Å². The van der Waals surface area contributed by atoms with Crippen molar-refractivity contribution >= 4 is 29.2 Å². The van der Waals surface area contributed by atoms with Crippen molar-refractivity contribution in [3.8, 4) is 0 Å². The first-order valence-corrected chi connectivity index (χ1v) is 5.00. The van der Waals surface area contributed by atoms with E-state index in [4.69, 9.17) is 11.6 Å². The number of hydrogen-bond acceptors (Lipinski definition) is 3. The van der Waals surface area contributed by atoms with Crippen LogP contribution in [0.1, 0.15) is 0 Å². The number of rotatable bonds is 3. The van der Waals surface area contributed by atoms with Gasteiger partial charge in [-0.3, -0.25) is 10.1 Å². The third-order valence-corrected chi connectivity index (χ3v) is 1.99. The average Bonchev–Trinajstić information content (AvgIpc) is 2.26. The van der Waals surface area contributed by atoms with Crippen molar-refractivity contribution in [2.45, 2.75) is 0 Å². The lowest BCUT2D eigenvalue weighted by Crippen LogP contribution is -2.40. The van der Waals surface area contributed by atoms with Crippen LogP contribution in [-0.2, 0) is 4.79 Å². The lowest BCUT2D eigenvalue weighted by atomic mass is 10.3. The van der Waals surface area contributed by atoms with Gasteiger partial charge in [-0.15, -0.1) is 0 Å². The second-order valence-electron chi connectivity index (χ2n) is 2.99. The number of anilines is 1. The van der Waals surface area contributed by atoms with Gasteiger partial charge in [-0.25, -0.2) is 4.79 Å². The molecule has 0 unspecified atom stereocenters. The number of urea groups is 1. The first-order chi connectivity index (χ1) is 7.61. The highest BCUT2D eigenvalue weighted by molar-refractivity contribution is 6.30. The number of hydrogen-bond donors (Lipinski definition) is 3. The third-order valence-electron chi connectivity index (χ3n) is 1.76. The zero-order valence-corrected chi connectivity index (χ0v) is 9.47. The number of imide groups is 1. The van der Waals surface area contributed by atoms with Gasteiger partial charge in [0.1, 0.15) is 0 Å². The van der Waals surface area contributed by atoms with Crippen molar-refractivity contribution in [3.63, 3.8) is 0 Å². The predicted octanol–water partition coefficient (Wildman–Crippen LogP) is 1.21. The summed E-state index contributed by atoms with van der Waals surface area (Å²) in [6.45, 7) is 0.00770. The third kappa shape index (κ3) is 4.18. The minimum absolute atomic E-state index is 0.00770. The number of nitrogens with one attached hydrogen (secondary N) is 3. The molecule has 0 fully saturated rings. The van der Waals surface area contributed by atoms with Crippen LogP contribution in [0.5, 0.6) is 0 Å². The summed E-state index contributed by atoms with van der Waals surface area (Å²) in [4.78, 5) is 22.0. The summed E-state index contributed by atoms with van der Waals surface area (Å²) < 4.78 is 0. The summed E-state index contributed by atoms with van der Waals surface area (Å²) in [7, 11) is 1.44. The van der Waals surface area contributed by atoms with Crippen molar-refractivity contribution in [1.82, 2.24) is 10.6 Å². The fourth-order valence-electron chi connectivity index (χ4n) is 1.01. The molecule has 0 spiro atoms. The normalized spacial score (nSPS) is 9.38. The number of benzene rings is 1. The van der Waals surface area contributed by atoms with Gasteiger partial charge in [-0.2, -0.15) is 0 Å². The van der Waals surface area contributed by atoms with Gasteiger partial charge in [0.15, 0.2) is 0 Å². The van der Waals surface area contributed by atoms with E-state index < -0.39 is 11.9 Å². The molecule has 6 heteroatoms. The maximum atomic E-state index is 11.2. The average molecular weight is 242 g/mol. The number of carbonyl (C=O) groups is 2. The molecule has 0 atom stereocenters. The summed E-state index contributed by atoms with van der Waals surface area (Å²) in [5.41, 5.74) is 0.722. The highest BCUT2D eigenvalue weighted by atomic mass is 35.5. The zero-order valence-electron chi connectivity index (χ0n) is 8.71. The Morgan fingerprint density at radius 3 is 2.75 bits per heavy atom. The quantitative estimate of drug-likeness (QED) is 0.745. The highest BCUT2D eigenvalue weighted by Crippen LogP contribution is 2.14. The van der Waals surface area contributed by atoms with Gasteiger partial charge in [0.2, 0.25) is 5.91 Å². The minimum Gasteiger partial charge on any atom is -0.376 e. The van der Waals surface area contributed by atoms with Crippen LogP contribution in [0.4, 0.5) is 10.5 Å². The molecule has 16 heavy (non-hydrogen) atoms. The molecule has 5 nitrogen and oxygen atoms in total. The van der Waals surface area contributed by atoms with Gasteiger partial charge >= 0.3 is 6.03 Å². The summed E-state index contributed by atoms with van der Waals surface area (Å²) in [6.07, 6.45) is 0. The molecular weight excluding hydrogens is 230 g/mol. The molecule has 0 aliphatic carbocycles. The topological polar surface area (TPSA) is 70.2 Å². The van der Waals surface area contributed by atoms with Gasteiger partial charge in [-0.05, 0) is 18.2 Å². The second-order valence-corrected chi connectivity index (χ2v) is 3.43. The Hall–Kier alpha value is -1.75. The number of amides is 3. The Bertz CT molecular complexity index is 395. The Labute approximate surface area is 98.2 Å². The van der Waals surface area contributed by atoms with Crippen LogP contribution in [0, 0.1) is 0 Å². The van der Waals surface area contributed by atoms with Crippen molar-refractivity contribution in [2.75, 3.05) is 18.9 Å². The first-order valence-electron chi connectivity index (χ1n) is 4.63. The molecule has 0 saturated carbocycles. The molecule has 0 aliphatic rings. The van der Waals surface area contributed by atoms with Crippen LogP contribution in [-0.4, -0.2) is 25.5 Å². The van der Waals surface area contributed by atoms with E-state index >= 15 is 0 Å². The molecular formula is C10H12ClN3O2. The number of halogens is 1. The summed E-state index contributed by atoms with van der Waals surface area (Å²) >= 11 is 5.76. The number of carbonyl (C=O) groups excluding carboxylic acids is 2. The van der Waals surface area contributed by atoms with Crippen molar-refractivity contribution in [2.24, 2.45) is 0 Å². The molecule has 0 heterocycles. The van der Waals surface area contributed by atoms with Crippen LogP contribution in [0.15, 0.2) is 24.3 Å². The van der Waals surface area contributed by atoms with E-state index in [-0.39, 0.29) is 6.54 Å². The van der Waals surface area contributed by atoms with E-state index in [0.29, 0.717) is 5.02 Å². The lowest BCUT2D eigenvalue weighted by Gasteiger charge is -2.06. The molecule has 86 valence electrons. The largest absolute Gasteiger partial charge is 0.376 e. The molecule has 0 bridgehead atoms. The molecule has 0 aliphatic heterocycles. The predicted molar refractivity (Wildman–Crippen MR) is 62.5 cm³/mol. The van der Waals surface area contributed by atoms with Crippen LogP contribution in [0.3, 0.4) is 0 Å². The lowest BCUT2D eigenvalue weighted by molar-refractivity contribution is -0.118. The van der Waals surface area contributed by atoms with Gasteiger partial charge in [0.25, 0.3) is 0 Å². The van der Waals surface area contributed by atoms with E-state index in [1.54, 1.807) is 24.3 Å². The van der Waals surface area contributed by atoms with E-state index in [1.165, 1.54) is 7.05 Å². The Kier molecular flexibility index (Phi) is 4.60. The van der Waals surface area contributed by atoms with Gasteiger partial charge in [0.05, 0.1) is 6.54 Å². The molecule has 0 aromatic heterocycles. The Morgan fingerprint density at radius 1 is 1.38 bits per heavy atom. The first kappa shape index (κ1) is 12.3. The maximum Gasteiger partial charge on any atom is 0.321 e. The van der Waals surface area contributed by atoms with E-state index in [0.717, 1.165) is 5.69 Å². The molecule has 0 saturated heterocycles. The Balaban J connectivity index is 2.40. The minimum atomic E-state index is -0.530. The van der Waals surface area contributed by atoms with Crippen LogP contribution >= 0.6 is 11.6 Å².